The van der Waals surface area contributed by atoms with Gasteiger partial charge in [0.25, 0.3) is 5.91 Å². The van der Waals surface area contributed by atoms with Crippen LogP contribution < -0.4 is 10.6 Å². The topological polar surface area (TPSA) is 82.0 Å². The van der Waals surface area contributed by atoms with Gasteiger partial charge in [0.05, 0.1) is 18.5 Å². The molecule has 0 saturated heterocycles. The van der Waals surface area contributed by atoms with Gasteiger partial charge >= 0.3 is 0 Å². The number of hydrogen-bond acceptors (Lipinski definition) is 3. The first-order chi connectivity index (χ1) is 12.6. The van der Waals surface area contributed by atoms with Gasteiger partial charge in [-0.15, -0.1) is 0 Å². The highest BCUT2D eigenvalue weighted by Gasteiger charge is 2.38. The Balaban J connectivity index is 1.73. The van der Waals surface area contributed by atoms with Gasteiger partial charge in [-0.05, 0) is 37.0 Å². The maximum Gasteiger partial charge on any atom is 0.251 e. The summed E-state index contributed by atoms with van der Waals surface area (Å²) in [7, 11) is 0. The maximum atomic E-state index is 12.5. The second-order valence-electron chi connectivity index (χ2n) is 6.60. The molecule has 1 saturated carbocycles. The van der Waals surface area contributed by atoms with Crippen LogP contribution in [0.25, 0.3) is 0 Å². The molecule has 2 aromatic carbocycles. The minimum Gasteiger partial charge on any atom is -0.345 e. The average molecular weight is 347 g/mol. The maximum absolute atomic E-state index is 12.5. The Morgan fingerprint density at radius 2 is 1.65 bits per heavy atom. The van der Waals surface area contributed by atoms with Crippen LogP contribution in [0.15, 0.2) is 60.7 Å². The van der Waals surface area contributed by atoms with E-state index in [2.05, 4.69) is 16.7 Å². The minimum atomic E-state index is -0.734. The molecule has 0 aromatic heterocycles. The lowest BCUT2D eigenvalue weighted by Gasteiger charge is -2.36. The van der Waals surface area contributed by atoms with Gasteiger partial charge in [-0.25, -0.2) is 0 Å². The van der Waals surface area contributed by atoms with Crippen molar-refractivity contribution in [3.8, 4) is 6.07 Å². The first-order valence-electron chi connectivity index (χ1n) is 8.75. The summed E-state index contributed by atoms with van der Waals surface area (Å²) in [5.74, 6) is -0.459. The number of carbonyl (C=O) groups is 2. The van der Waals surface area contributed by atoms with Crippen LogP contribution in [0.1, 0.15) is 47.6 Å². The van der Waals surface area contributed by atoms with Gasteiger partial charge in [-0.3, -0.25) is 9.59 Å². The number of amides is 2. The van der Waals surface area contributed by atoms with E-state index >= 15 is 0 Å². The summed E-state index contributed by atoms with van der Waals surface area (Å²) in [5, 5.41) is 15.1. The number of nitriles is 1. The van der Waals surface area contributed by atoms with Crippen molar-refractivity contribution in [3.63, 3.8) is 0 Å². The summed E-state index contributed by atoms with van der Waals surface area (Å²) in [6.45, 7) is 0. The van der Waals surface area contributed by atoms with Crippen LogP contribution >= 0.6 is 0 Å². The summed E-state index contributed by atoms with van der Waals surface area (Å²) >= 11 is 0. The van der Waals surface area contributed by atoms with Gasteiger partial charge in [0, 0.05) is 5.56 Å². The number of rotatable bonds is 6. The minimum absolute atomic E-state index is 0.0893. The highest BCUT2D eigenvalue weighted by molar-refractivity contribution is 5.94. The van der Waals surface area contributed by atoms with Crippen LogP contribution in [-0.4, -0.2) is 17.4 Å². The average Bonchev–Trinajstić information content (AvgIpc) is 2.65. The van der Waals surface area contributed by atoms with Crippen LogP contribution in [0.3, 0.4) is 0 Å². The SMILES string of the molecule is N#CC1(NC(=O)C[C@H](NC(=O)c2ccccc2)c2ccccc2)CCC1. The summed E-state index contributed by atoms with van der Waals surface area (Å²) in [5.41, 5.74) is 0.662. The molecule has 2 amide bonds. The summed E-state index contributed by atoms with van der Waals surface area (Å²) in [4.78, 5) is 25.0. The number of nitrogens with one attached hydrogen (secondary N) is 2. The third-order valence-electron chi connectivity index (χ3n) is 4.73. The van der Waals surface area contributed by atoms with E-state index in [-0.39, 0.29) is 18.2 Å². The zero-order valence-corrected chi connectivity index (χ0v) is 14.4. The molecule has 0 heterocycles. The molecular weight excluding hydrogens is 326 g/mol. The Morgan fingerprint density at radius 1 is 1.04 bits per heavy atom. The summed E-state index contributed by atoms with van der Waals surface area (Å²) < 4.78 is 0. The van der Waals surface area contributed by atoms with E-state index in [9.17, 15) is 14.9 Å². The number of benzene rings is 2. The van der Waals surface area contributed by atoms with Crippen LogP contribution in [0.4, 0.5) is 0 Å². The Morgan fingerprint density at radius 3 is 2.19 bits per heavy atom. The normalized spacial score (nSPS) is 15.8. The standard InChI is InChI=1S/C21H21N3O2/c22-15-21(12-7-13-21)24-19(25)14-18(16-8-3-1-4-9-16)23-20(26)17-10-5-2-6-11-17/h1-6,8-11,18H,7,12-14H2,(H,23,26)(H,24,25)/t18-/m0/s1. The van der Waals surface area contributed by atoms with Gasteiger partial charge < -0.3 is 10.6 Å². The van der Waals surface area contributed by atoms with Crippen molar-refractivity contribution >= 4 is 11.8 Å². The van der Waals surface area contributed by atoms with Crippen LogP contribution in [0.5, 0.6) is 0 Å². The van der Waals surface area contributed by atoms with Crippen molar-refractivity contribution in [1.82, 2.24) is 10.6 Å². The van der Waals surface area contributed by atoms with E-state index in [1.807, 2.05) is 36.4 Å². The first-order valence-corrected chi connectivity index (χ1v) is 8.75. The Bertz CT molecular complexity index is 808. The van der Waals surface area contributed by atoms with Crippen LogP contribution in [0, 0.1) is 11.3 Å². The van der Waals surface area contributed by atoms with E-state index in [1.54, 1.807) is 24.3 Å². The largest absolute Gasteiger partial charge is 0.345 e. The van der Waals surface area contributed by atoms with Crippen molar-refractivity contribution in [2.24, 2.45) is 0 Å². The lowest BCUT2D eigenvalue weighted by Crippen LogP contribution is -2.53. The Hall–Kier alpha value is -3.13. The highest BCUT2D eigenvalue weighted by Crippen LogP contribution is 2.31. The molecular formula is C21H21N3O2. The monoisotopic (exact) mass is 347 g/mol. The predicted molar refractivity (Wildman–Crippen MR) is 98.0 cm³/mol. The van der Waals surface area contributed by atoms with Crippen molar-refractivity contribution in [3.05, 3.63) is 71.8 Å². The Kier molecular flexibility index (Phi) is 5.33. The van der Waals surface area contributed by atoms with Gasteiger partial charge in [0.15, 0.2) is 0 Å². The molecule has 1 aliphatic carbocycles. The lowest BCUT2D eigenvalue weighted by molar-refractivity contribution is -0.123. The molecule has 0 unspecified atom stereocenters. The summed E-state index contributed by atoms with van der Waals surface area (Å²) in [6.07, 6.45) is 2.40. The number of nitrogens with zero attached hydrogens (tertiary/aromatic N) is 1. The molecule has 5 heteroatoms. The fourth-order valence-electron chi connectivity index (χ4n) is 3.07. The summed E-state index contributed by atoms with van der Waals surface area (Å²) in [6, 6.07) is 20.1. The molecule has 1 atom stereocenters. The number of carbonyl (C=O) groups excluding carboxylic acids is 2. The van der Waals surface area contributed by atoms with E-state index in [0.29, 0.717) is 18.4 Å². The number of hydrogen-bond donors (Lipinski definition) is 2. The second-order valence-corrected chi connectivity index (χ2v) is 6.60. The van der Waals surface area contributed by atoms with Crippen molar-refractivity contribution < 1.29 is 9.59 Å². The van der Waals surface area contributed by atoms with Crippen molar-refractivity contribution in [2.75, 3.05) is 0 Å². The molecule has 2 aromatic rings. The smallest absolute Gasteiger partial charge is 0.251 e. The molecule has 0 aliphatic heterocycles. The zero-order valence-electron chi connectivity index (χ0n) is 14.4. The molecule has 1 aliphatic rings. The molecule has 3 rings (SSSR count). The quantitative estimate of drug-likeness (QED) is 0.842. The molecule has 132 valence electrons. The Labute approximate surface area is 153 Å². The van der Waals surface area contributed by atoms with E-state index in [1.165, 1.54) is 0 Å². The molecule has 0 radical (unpaired) electrons. The second kappa shape index (κ2) is 7.83. The zero-order chi connectivity index (χ0) is 18.4. The van der Waals surface area contributed by atoms with E-state index < -0.39 is 11.6 Å². The first kappa shape index (κ1) is 17.7. The highest BCUT2D eigenvalue weighted by atomic mass is 16.2. The molecule has 0 bridgehead atoms. The van der Waals surface area contributed by atoms with Gasteiger partial charge in [0.2, 0.25) is 5.91 Å². The molecule has 26 heavy (non-hydrogen) atoms. The van der Waals surface area contributed by atoms with E-state index in [0.717, 1.165) is 12.0 Å². The van der Waals surface area contributed by atoms with Crippen LogP contribution in [-0.2, 0) is 4.79 Å². The molecule has 2 N–H and O–H groups in total. The van der Waals surface area contributed by atoms with Gasteiger partial charge in [-0.2, -0.15) is 5.26 Å². The fourth-order valence-corrected chi connectivity index (χ4v) is 3.07. The lowest BCUT2D eigenvalue weighted by atomic mass is 9.78. The molecule has 0 spiro atoms. The van der Waals surface area contributed by atoms with Gasteiger partial charge in [-0.1, -0.05) is 48.5 Å². The van der Waals surface area contributed by atoms with Gasteiger partial charge in [0.1, 0.15) is 5.54 Å². The molecule has 1 fully saturated rings. The van der Waals surface area contributed by atoms with Crippen molar-refractivity contribution in [1.29, 1.82) is 5.26 Å². The van der Waals surface area contributed by atoms with Crippen molar-refractivity contribution in [2.45, 2.75) is 37.3 Å². The third-order valence-corrected chi connectivity index (χ3v) is 4.73. The fraction of sp³-hybridized carbons (Fsp3) is 0.286. The molecule has 5 nitrogen and oxygen atoms in total. The van der Waals surface area contributed by atoms with E-state index in [4.69, 9.17) is 0 Å². The van der Waals surface area contributed by atoms with Crippen LogP contribution in [0.2, 0.25) is 0 Å². The third kappa shape index (κ3) is 4.09. The predicted octanol–water partition coefficient (Wildman–Crippen LogP) is 3.11.